The Bertz CT molecular complexity index is 473. The van der Waals surface area contributed by atoms with Gasteiger partial charge in [-0.1, -0.05) is 24.3 Å². The van der Waals surface area contributed by atoms with E-state index in [2.05, 4.69) is 26.5 Å². The van der Waals surface area contributed by atoms with Gasteiger partial charge in [0.2, 0.25) is 0 Å². The summed E-state index contributed by atoms with van der Waals surface area (Å²) in [6, 6.07) is 12.1. The van der Waals surface area contributed by atoms with E-state index in [-0.39, 0.29) is 0 Å². The van der Waals surface area contributed by atoms with Gasteiger partial charge >= 0.3 is 6.68 Å². The molecule has 3 aromatic rings. The third-order valence-electron chi connectivity index (χ3n) is 1.86. The predicted octanol–water partition coefficient (Wildman–Crippen LogP) is 4.09. The Labute approximate surface area is 107 Å². The molecule has 2 aromatic heterocycles. The van der Waals surface area contributed by atoms with Crippen LogP contribution in [0.3, 0.4) is 0 Å². The summed E-state index contributed by atoms with van der Waals surface area (Å²) >= 11 is 0. The molecule has 3 rings (SSSR count). The Morgan fingerprint density at radius 3 is 2.16 bits per heavy atom. The summed E-state index contributed by atoms with van der Waals surface area (Å²) < 4.78 is 33.5. The second-order valence-electron chi connectivity index (χ2n) is 3.12. The van der Waals surface area contributed by atoms with Crippen LogP contribution in [-0.4, -0.2) is 16.6 Å². The zero-order valence-electron chi connectivity index (χ0n) is 9.79. The summed E-state index contributed by atoms with van der Waals surface area (Å²) in [5.74, 6) is 0. The maximum absolute atomic E-state index is 9.67. The second kappa shape index (κ2) is 8.68. The molecule has 0 N–H and O–H groups in total. The highest BCUT2D eigenvalue weighted by atomic mass is 19.4. The smallest absolute Gasteiger partial charge is 0.379 e. The molecule has 0 aliphatic carbocycles. The van der Waals surface area contributed by atoms with E-state index in [4.69, 9.17) is 0 Å². The third-order valence-corrected chi connectivity index (χ3v) is 1.86. The molecule has 0 fully saturated rings. The molecule has 1 aromatic carbocycles. The van der Waals surface area contributed by atoms with Gasteiger partial charge in [-0.2, -0.15) is 13.2 Å². The second-order valence-corrected chi connectivity index (χ2v) is 3.12. The van der Waals surface area contributed by atoms with Crippen molar-refractivity contribution in [1.29, 1.82) is 0 Å². The van der Waals surface area contributed by atoms with Gasteiger partial charge in [0.1, 0.15) is 6.26 Å². The number of hydrogen-bond donors (Lipinski definition) is 0. The third kappa shape index (κ3) is 6.82. The van der Waals surface area contributed by atoms with Crippen molar-refractivity contribution in [2.24, 2.45) is 0 Å². The molecule has 0 radical (unpaired) electrons. The number of benzene rings is 1. The van der Waals surface area contributed by atoms with Crippen LogP contribution >= 0.6 is 0 Å². The molecule has 0 amide bonds. The summed E-state index contributed by atoms with van der Waals surface area (Å²) in [5.41, 5.74) is 1.06. The molecule has 0 unspecified atom stereocenters. The largest absolute Gasteiger partial charge is 0.452 e. The molecule has 0 saturated carbocycles. The highest BCUT2D eigenvalue weighted by Gasteiger charge is 1.87. The number of rotatable bonds is 0. The van der Waals surface area contributed by atoms with Crippen LogP contribution in [0.15, 0.2) is 65.9 Å². The summed E-state index contributed by atoms with van der Waals surface area (Å²) in [6.45, 7) is -3.67. The molecule has 19 heavy (non-hydrogen) atoms. The van der Waals surface area contributed by atoms with Crippen LogP contribution in [0.25, 0.3) is 10.9 Å². The van der Waals surface area contributed by atoms with Gasteiger partial charge in [0.05, 0.1) is 11.7 Å². The Hall–Kier alpha value is -2.37. The molecule has 0 bridgehead atoms. The van der Waals surface area contributed by atoms with E-state index < -0.39 is 6.68 Å². The van der Waals surface area contributed by atoms with Gasteiger partial charge in [0.25, 0.3) is 0 Å². The topological polar surface area (TPSA) is 38.9 Å². The minimum Gasteiger partial charge on any atom is -0.452 e. The average Bonchev–Trinajstić information content (AvgIpc) is 2.97. The van der Waals surface area contributed by atoms with Crippen molar-refractivity contribution in [3.05, 3.63) is 61.4 Å². The van der Waals surface area contributed by atoms with Crippen molar-refractivity contribution < 1.29 is 17.6 Å². The molecule has 3 nitrogen and oxygen atoms in total. The summed E-state index contributed by atoms with van der Waals surface area (Å²) in [5, 5.41) is 1.20. The fourth-order valence-corrected chi connectivity index (χ4v) is 1.19. The summed E-state index contributed by atoms with van der Waals surface area (Å²) in [7, 11) is 0. The van der Waals surface area contributed by atoms with Crippen LogP contribution in [0, 0.1) is 0 Å². The average molecular weight is 268 g/mol. The van der Waals surface area contributed by atoms with Gasteiger partial charge in [-0.05, 0) is 12.1 Å². The van der Waals surface area contributed by atoms with Crippen LogP contribution in [0.2, 0.25) is 0 Å². The first-order valence-corrected chi connectivity index (χ1v) is 5.24. The van der Waals surface area contributed by atoms with Crippen LogP contribution in [0.1, 0.15) is 0 Å². The first kappa shape index (κ1) is 14.7. The number of halogens is 3. The van der Waals surface area contributed by atoms with Crippen molar-refractivity contribution in [3.63, 3.8) is 0 Å². The summed E-state index contributed by atoms with van der Waals surface area (Å²) in [6.07, 6.45) is 6.28. The number of aromatic nitrogens is 2. The minimum absolute atomic E-state index is 1.06. The van der Waals surface area contributed by atoms with Crippen LogP contribution in [0.5, 0.6) is 0 Å². The fraction of sp³-hybridized carbons (Fsp3) is 0.0769. The number of oxazole rings is 1. The Balaban J connectivity index is 0.000000169. The van der Waals surface area contributed by atoms with Crippen LogP contribution in [0.4, 0.5) is 13.2 Å². The van der Waals surface area contributed by atoms with Crippen molar-refractivity contribution >= 4 is 10.9 Å². The predicted molar refractivity (Wildman–Crippen MR) is 65.4 cm³/mol. The zero-order chi connectivity index (χ0) is 13.9. The number of para-hydroxylation sites is 1. The van der Waals surface area contributed by atoms with Gasteiger partial charge in [-0.15, -0.1) is 0 Å². The van der Waals surface area contributed by atoms with Gasteiger partial charge in [-0.25, -0.2) is 4.98 Å². The maximum atomic E-state index is 9.67. The van der Waals surface area contributed by atoms with E-state index in [0.29, 0.717) is 0 Å². The Kier molecular flexibility index (Phi) is 6.71. The van der Waals surface area contributed by atoms with E-state index in [1.807, 2.05) is 30.5 Å². The zero-order valence-corrected chi connectivity index (χ0v) is 9.79. The molecular weight excluding hydrogens is 257 g/mol. The lowest BCUT2D eigenvalue weighted by molar-refractivity contribution is 0.00819. The van der Waals surface area contributed by atoms with Crippen molar-refractivity contribution in [2.45, 2.75) is 6.68 Å². The molecular formula is C13H11F3N2O. The van der Waals surface area contributed by atoms with E-state index in [0.717, 1.165) is 5.52 Å². The number of pyridine rings is 1. The molecule has 0 spiro atoms. The normalized spacial score (nSPS) is 9.26. The lowest BCUT2D eigenvalue weighted by atomic mass is 10.2. The highest BCUT2D eigenvalue weighted by molar-refractivity contribution is 5.77. The number of fused-ring (bicyclic) bond motifs is 1. The maximum Gasteiger partial charge on any atom is 0.379 e. The first-order valence-electron chi connectivity index (χ1n) is 5.24. The molecule has 0 aliphatic heterocycles. The highest BCUT2D eigenvalue weighted by Crippen LogP contribution is 2.07. The van der Waals surface area contributed by atoms with Gasteiger partial charge < -0.3 is 4.42 Å². The SMILES string of the molecule is FC(F)F.c1ccc2ncccc2c1.c1cocn1. The number of alkyl halides is 3. The van der Waals surface area contributed by atoms with Crippen molar-refractivity contribution in [1.82, 2.24) is 9.97 Å². The number of nitrogens with zero attached hydrogens (tertiary/aromatic N) is 2. The van der Waals surface area contributed by atoms with Crippen LogP contribution < -0.4 is 0 Å². The van der Waals surface area contributed by atoms with Crippen LogP contribution in [-0.2, 0) is 0 Å². The molecule has 100 valence electrons. The van der Waals surface area contributed by atoms with E-state index in [9.17, 15) is 13.2 Å². The van der Waals surface area contributed by atoms with Gasteiger partial charge in [0, 0.05) is 11.6 Å². The van der Waals surface area contributed by atoms with Gasteiger partial charge in [0.15, 0.2) is 6.39 Å². The van der Waals surface area contributed by atoms with Crippen molar-refractivity contribution in [2.75, 3.05) is 0 Å². The molecule has 0 atom stereocenters. The van der Waals surface area contributed by atoms with Crippen molar-refractivity contribution in [3.8, 4) is 0 Å². The molecule has 0 saturated heterocycles. The monoisotopic (exact) mass is 268 g/mol. The lowest BCUT2D eigenvalue weighted by Crippen LogP contribution is -1.73. The van der Waals surface area contributed by atoms with E-state index in [1.165, 1.54) is 18.0 Å². The summed E-state index contributed by atoms with van der Waals surface area (Å²) in [4.78, 5) is 7.74. The first-order chi connectivity index (χ1) is 9.20. The number of hydrogen-bond acceptors (Lipinski definition) is 3. The minimum atomic E-state index is -3.67. The van der Waals surface area contributed by atoms with E-state index in [1.54, 1.807) is 6.20 Å². The molecule has 0 aliphatic rings. The van der Waals surface area contributed by atoms with E-state index >= 15 is 0 Å². The molecule has 2 heterocycles. The fourth-order valence-electron chi connectivity index (χ4n) is 1.19. The standard InChI is InChI=1S/C9H7N.C3H3NO.CHF3/c1-2-6-9-8(4-1)5-3-7-10-9;1-2-5-3-4-1;2-1(3)4/h1-7H;1-3H;1H. The Morgan fingerprint density at radius 2 is 1.63 bits per heavy atom. The lowest BCUT2D eigenvalue weighted by Gasteiger charge is -1.91. The quantitative estimate of drug-likeness (QED) is 0.616. The Morgan fingerprint density at radius 1 is 0.947 bits per heavy atom. The van der Waals surface area contributed by atoms with Gasteiger partial charge in [-0.3, -0.25) is 4.98 Å². The molecule has 6 heteroatoms.